The van der Waals surface area contributed by atoms with Gasteiger partial charge in [0.15, 0.2) is 0 Å². The molecule has 142 valence electrons. The number of pyridine rings is 1. The van der Waals surface area contributed by atoms with E-state index < -0.39 is 0 Å². The minimum absolute atomic E-state index is 0.0587. The van der Waals surface area contributed by atoms with Crippen molar-refractivity contribution >= 4 is 16.9 Å². The maximum Gasteiger partial charge on any atom is 0.247 e. The highest BCUT2D eigenvalue weighted by molar-refractivity contribution is 5.81. The lowest BCUT2D eigenvalue weighted by atomic mass is 10.0. The molecule has 3 heterocycles. The standard InChI is InChI=1S/C23H24N4O/c1-16-21(14-19-15-25-23-20(19)11-7-13-24-23)17(2)27(26-16)22(28)12-6-10-18-8-4-3-5-9-18/h3-5,7-9,11,13,15H,6,10,12,14H2,1-2H3,(H,24,25). The second kappa shape index (κ2) is 7.80. The van der Waals surface area contributed by atoms with E-state index >= 15 is 0 Å². The number of fused-ring (bicyclic) bond motifs is 1. The van der Waals surface area contributed by atoms with Crippen molar-refractivity contribution in [1.82, 2.24) is 19.7 Å². The summed E-state index contributed by atoms with van der Waals surface area (Å²) in [7, 11) is 0. The number of nitrogens with zero attached hydrogens (tertiary/aromatic N) is 3. The van der Waals surface area contributed by atoms with Crippen molar-refractivity contribution in [1.29, 1.82) is 0 Å². The summed E-state index contributed by atoms with van der Waals surface area (Å²) in [5, 5.41) is 5.65. The zero-order valence-corrected chi connectivity index (χ0v) is 16.3. The normalized spacial score (nSPS) is 11.2. The number of hydrogen-bond acceptors (Lipinski definition) is 3. The fourth-order valence-corrected chi connectivity index (χ4v) is 3.72. The summed E-state index contributed by atoms with van der Waals surface area (Å²) in [6, 6.07) is 14.3. The third kappa shape index (κ3) is 3.60. The summed E-state index contributed by atoms with van der Waals surface area (Å²) in [5.41, 5.74) is 6.27. The van der Waals surface area contributed by atoms with Gasteiger partial charge in [-0.2, -0.15) is 5.10 Å². The van der Waals surface area contributed by atoms with Gasteiger partial charge in [-0.05, 0) is 49.9 Å². The van der Waals surface area contributed by atoms with Crippen LogP contribution in [0.2, 0.25) is 0 Å². The van der Waals surface area contributed by atoms with E-state index in [1.54, 1.807) is 10.9 Å². The number of aromatic amines is 1. The Hall–Kier alpha value is -3.21. The van der Waals surface area contributed by atoms with Crippen molar-refractivity contribution < 1.29 is 4.79 Å². The minimum Gasteiger partial charge on any atom is -0.346 e. The zero-order chi connectivity index (χ0) is 19.5. The van der Waals surface area contributed by atoms with E-state index in [2.05, 4.69) is 33.3 Å². The number of aryl methyl sites for hydroxylation is 2. The van der Waals surface area contributed by atoms with E-state index in [4.69, 9.17) is 0 Å². The number of H-pyrrole nitrogens is 1. The molecule has 5 nitrogen and oxygen atoms in total. The number of aromatic nitrogens is 4. The molecule has 4 aromatic rings. The first-order chi connectivity index (χ1) is 13.6. The molecular formula is C23H24N4O. The average Bonchev–Trinajstić information content (AvgIpc) is 3.25. The first kappa shape index (κ1) is 18.2. The van der Waals surface area contributed by atoms with Crippen LogP contribution in [0.4, 0.5) is 0 Å². The predicted molar refractivity (Wildman–Crippen MR) is 111 cm³/mol. The third-order valence-electron chi connectivity index (χ3n) is 5.28. The van der Waals surface area contributed by atoms with Crippen LogP contribution in [0.1, 0.15) is 45.7 Å². The fraction of sp³-hybridized carbons (Fsp3) is 0.261. The van der Waals surface area contributed by atoms with Crippen LogP contribution in [0.3, 0.4) is 0 Å². The van der Waals surface area contributed by atoms with Crippen molar-refractivity contribution in [3.63, 3.8) is 0 Å². The monoisotopic (exact) mass is 372 g/mol. The highest BCUT2D eigenvalue weighted by Crippen LogP contribution is 2.23. The summed E-state index contributed by atoms with van der Waals surface area (Å²) >= 11 is 0. The molecule has 3 aromatic heterocycles. The van der Waals surface area contributed by atoms with Crippen LogP contribution in [0, 0.1) is 13.8 Å². The van der Waals surface area contributed by atoms with E-state index in [0.717, 1.165) is 47.2 Å². The number of benzene rings is 1. The molecule has 0 aliphatic rings. The van der Waals surface area contributed by atoms with Gasteiger partial charge in [0.2, 0.25) is 5.91 Å². The molecule has 0 atom stereocenters. The van der Waals surface area contributed by atoms with Crippen LogP contribution < -0.4 is 0 Å². The maximum atomic E-state index is 12.7. The van der Waals surface area contributed by atoms with E-state index in [1.807, 2.05) is 44.3 Å². The van der Waals surface area contributed by atoms with Gasteiger partial charge in [0.1, 0.15) is 5.65 Å². The van der Waals surface area contributed by atoms with Gasteiger partial charge in [-0.1, -0.05) is 30.3 Å². The molecule has 0 spiro atoms. The van der Waals surface area contributed by atoms with Gasteiger partial charge in [0.05, 0.1) is 5.69 Å². The molecule has 0 unspecified atom stereocenters. The van der Waals surface area contributed by atoms with Gasteiger partial charge in [-0.3, -0.25) is 4.79 Å². The molecule has 28 heavy (non-hydrogen) atoms. The summed E-state index contributed by atoms with van der Waals surface area (Å²) < 4.78 is 1.59. The second-order valence-electron chi connectivity index (χ2n) is 7.18. The average molecular weight is 372 g/mol. The fourth-order valence-electron chi connectivity index (χ4n) is 3.72. The summed E-state index contributed by atoms with van der Waals surface area (Å²) in [5.74, 6) is 0.0587. The van der Waals surface area contributed by atoms with Crippen molar-refractivity contribution in [2.24, 2.45) is 0 Å². The molecule has 0 aliphatic carbocycles. The Morgan fingerprint density at radius 1 is 1.11 bits per heavy atom. The van der Waals surface area contributed by atoms with Gasteiger partial charge >= 0.3 is 0 Å². The zero-order valence-electron chi connectivity index (χ0n) is 16.3. The topological polar surface area (TPSA) is 63.6 Å². The van der Waals surface area contributed by atoms with Crippen LogP contribution >= 0.6 is 0 Å². The predicted octanol–water partition coefficient (Wildman–Crippen LogP) is 4.63. The van der Waals surface area contributed by atoms with Crippen LogP contribution in [-0.2, 0) is 12.8 Å². The van der Waals surface area contributed by atoms with Gasteiger partial charge < -0.3 is 4.98 Å². The van der Waals surface area contributed by atoms with Gasteiger partial charge in [-0.15, -0.1) is 0 Å². The Labute approximate surface area is 164 Å². The number of carbonyl (C=O) groups excluding carboxylic acids is 1. The van der Waals surface area contributed by atoms with Crippen molar-refractivity contribution in [3.05, 3.63) is 82.9 Å². The lowest BCUT2D eigenvalue weighted by molar-refractivity contribution is 0.0881. The highest BCUT2D eigenvalue weighted by atomic mass is 16.2. The first-order valence-corrected chi connectivity index (χ1v) is 9.66. The Bertz CT molecular complexity index is 1110. The summed E-state index contributed by atoms with van der Waals surface area (Å²) in [6.45, 7) is 3.96. The lowest BCUT2D eigenvalue weighted by Gasteiger charge is -2.05. The van der Waals surface area contributed by atoms with E-state index in [9.17, 15) is 4.79 Å². The number of carbonyl (C=O) groups is 1. The van der Waals surface area contributed by atoms with Crippen molar-refractivity contribution in [2.45, 2.75) is 39.5 Å². The SMILES string of the molecule is Cc1nn(C(=O)CCCc2ccccc2)c(C)c1Cc1c[nH]c2ncccc12. The van der Waals surface area contributed by atoms with Crippen molar-refractivity contribution in [2.75, 3.05) is 0 Å². The molecular weight excluding hydrogens is 348 g/mol. The molecule has 4 rings (SSSR count). The molecule has 0 fully saturated rings. The molecule has 0 amide bonds. The number of hydrogen-bond donors (Lipinski definition) is 1. The number of rotatable bonds is 6. The van der Waals surface area contributed by atoms with Crippen LogP contribution in [0.15, 0.2) is 54.9 Å². The smallest absolute Gasteiger partial charge is 0.247 e. The van der Waals surface area contributed by atoms with E-state index in [1.165, 1.54) is 11.1 Å². The Balaban J connectivity index is 1.48. The van der Waals surface area contributed by atoms with Crippen LogP contribution in [-0.4, -0.2) is 25.7 Å². The molecule has 5 heteroatoms. The molecule has 1 aromatic carbocycles. The molecule has 0 radical (unpaired) electrons. The summed E-state index contributed by atoms with van der Waals surface area (Å²) in [6.07, 6.45) is 6.74. The Kier molecular flexibility index (Phi) is 5.06. The number of nitrogens with one attached hydrogen (secondary N) is 1. The van der Waals surface area contributed by atoms with E-state index in [-0.39, 0.29) is 5.91 Å². The highest BCUT2D eigenvalue weighted by Gasteiger charge is 2.18. The van der Waals surface area contributed by atoms with Gasteiger partial charge in [0.25, 0.3) is 0 Å². The van der Waals surface area contributed by atoms with E-state index in [0.29, 0.717) is 6.42 Å². The minimum atomic E-state index is 0.0587. The van der Waals surface area contributed by atoms with Crippen LogP contribution in [0.25, 0.3) is 11.0 Å². The Morgan fingerprint density at radius 3 is 2.75 bits per heavy atom. The molecule has 0 saturated carbocycles. The van der Waals surface area contributed by atoms with Crippen molar-refractivity contribution in [3.8, 4) is 0 Å². The molecule has 1 N–H and O–H groups in total. The Morgan fingerprint density at radius 2 is 1.93 bits per heavy atom. The third-order valence-corrected chi connectivity index (χ3v) is 5.28. The molecule has 0 saturated heterocycles. The maximum absolute atomic E-state index is 12.7. The molecule has 0 bridgehead atoms. The lowest BCUT2D eigenvalue weighted by Crippen LogP contribution is -2.14. The second-order valence-corrected chi connectivity index (χ2v) is 7.18. The quantitative estimate of drug-likeness (QED) is 0.537. The largest absolute Gasteiger partial charge is 0.346 e. The summed E-state index contributed by atoms with van der Waals surface area (Å²) in [4.78, 5) is 20.3. The first-order valence-electron chi connectivity index (χ1n) is 9.66. The van der Waals surface area contributed by atoms with Gasteiger partial charge in [0, 0.05) is 41.9 Å². The molecule has 0 aliphatic heterocycles. The van der Waals surface area contributed by atoms with Crippen LogP contribution in [0.5, 0.6) is 0 Å². The van der Waals surface area contributed by atoms with Gasteiger partial charge in [-0.25, -0.2) is 9.67 Å².